The van der Waals surface area contributed by atoms with Crippen LogP contribution in [0.4, 0.5) is 0 Å². The third kappa shape index (κ3) is 4.09. The van der Waals surface area contributed by atoms with Gasteiger partial charge in [-0.05, 0) is 29.5 Å². The standard InChI is InChI=1S/C15H20O4/c1-9-7-12(15(4,5)6)8-13(18-10(2)16)14(9)19-11(3)17/h7-8H,1-6H3. The molecule has 0 amide bonds. The van der Waals surface area contributed by atoms with E-state index >= 15 is 0 Å². The minimum atomic E-state index is -0.445. The van der Waals surface area contributed by atoms with Crippen molar-refractivity contribution in [2.24, 2.45) is 0 Å². The molecule has 0 atom stereocenters. The van der Waals surface area contributed by atoms with Crippen molar-refractivity contribution in [2.45, 2.75) is 47.0 Å². The van der Waals surface area contributed by atoms with Gasteiger partial charge in [0.1, 0.15) is 0 Å². The zero-order valence-electron chi connectivity index (χ0n) is 12.3. The molecule has 4 heteroatoms. The van der Waals surface area contributed by atoms with Crippen LogP contribution in [0.15, 0.2) is 12.1 Å². The normalized spacial score (nSPS) is 11.1. The molecule has 0 saturated carbocycles. The summed E-state index contributed by atoms with van der Waals surface area (Å²) < 4.78 is 10.3. The average Bonchev–Trinajstić information content (AvgIpc) is 2.20. The van der Waals surface area contributed by atoms with Crippen molar-refractivity contribution in [3.8, 4) is 11.5 Å². The zero-order valence-corrected chi connectivity index (χ0v) is 12.3. The van der Waals surface area contributed by atoms with Crippen molar-refractivity contribution in [1.82, 2.24) is 0 Å². The van der Waals surface area contributed by atoms with Gasteiger partial charge in [-0.1, -0.05) is 26.8 Å². The lowest BCUT2D eigenvalue weighted by atomic mass is 9.86. The molecule has 0 unspecified atom stereocenters. The van der Waals surface area contributed by atoms with Crippen LogP contribution in [0, 0.1) is 6.92 Å². The molecule has 0 spiro atoms. The monoisotopic (exact) mass is 264 g/mol. The van der Waals surface area contributed by atoms with E-state index in [1.807, 2.05) is 13.0 Å². The SMILES string of the molecule is CC(=O)Oc1cc(C(C)(C)C)cc(C)c1OC(C)=O. The Hall–Kier alpha value is -1.84. The predicted molar refractivity (Wildman–Crippen MR) is 72.5 cm³/mol. The van der Waals surface area contributed by atoms with Gasteiger partial charge in [0.25, 0.3) is 0 Å². The van der Waals surface area contributed by atoms with Gasteiger partial charge in [-0.15, -0.1) is 0 Å². The quantitative estimate of drug-likeness (QED) is 0.608. The summed E-state index contributed by atoms with van der Waals surface area (Å²) in [5, 5.41) is 0. The number of hydrogen-bond acceptors (Lipinski definition) is 4. The summed E-state index contributed by atoms with van der Waals surface area (Å²) in [7, 11) is 0. The highest BCUT2D eigenvalue weighted by Crippen LogP contribution is 2.36. The number of carbonyl (C=O) groups is 2. The Morgan fingerprint density at radius 2 is 1.53 bits per heavy atom. The van der Waals surface area contributed by atoms with Crippen molar-refractivity contribution in [3.05, 3.63) is 23.3 Å². The summed E-state index contributed by atoms with van der Waals surface area (Å²) in [5.74, 6) is -0.304. The van der Waals surface area contributed by atoms with E-state index in [-0.39, 0.29) is 11.2 Å². The molecule has 0 N–H and O–H groups in total. The maximum atomic E-state index is 11.2. The van der Waals surface area contributed by atoms with Gasteiger partial charge in [-0.25, -0.2) is 0 Å². The van der Waals surface area contributed by atoms with Gasteiger partial charge in [0, 0.05) is 13.8 Å². The molecular weight excluding hydrogens is 244 g/mol. The number of carbonyl (C=O) groups excluding carboxylic acids is 2. The first kappa shape index (κ1) is 15.2. The molecule has 104 valence electrons. The molecule has 19 heavy (non-hydrogen) atoms. The lowest BCUT2D eigenvalue weighted by molar-refractivity contribution is -0.134. The van der Waals surface area contributed by atoms with Gasteiger partial charge in [0.2, 0.25) is 0 Å². The smallest absolute Gasteiger partial charge is 0.308 e. The van der Waals surface area contributed by atoms with Crippen LogP contribution in [0.3, 0.4) is 0 Å². The third-order valence-electron chi connectivity index (χ3n) is 2.61. The summed E-state index contributed by atoms with van der Waals surface area (Å²) in [5.41, 5.74) is 1.69. The second-order valence-corrected chi connectivity index (χ2v) is 5.56. The van der Waals surface area contributed by atoms with Crippen LogP contribution in [-0.2, 0) is 15.0 Å². The third-order valence-corrected chi connectivity index (χ3v) is 2.61. The predicted octanol–water partition coefficient (Wildman–Crippen LogP) is 3.14. The number of esters is 2. The van der Waals surface area contributed by atoms with E-state index in [2.05, 4.69) is 20.8 Å². The van der Waals surface area contributed by atoms with Crippen molar-refractivity contribution >= 4 is 11.9 Å². The van der Waals surface area contributed by atoms with Crippen molar-refractivity contribution in [3.63, 3.8) is 0 Å². The maximum Gasteiger partial charge on any atom is 0.308 e. The zero-order chi connectivity index (χ0) is 14.8. The molecular formula is C15H20O4. The summed E-state index contributed by atoms with van der Waals surface area (Å²) in [6.45, 7) is 10.6. The van der Waals surface area contributed by atoms with E-state index in [1.54, 1.807) is 6.07 Å². The van der Waals surface area contributed by atoms with E-state index in [1.165, 1.54) is 13.8 Å². The van der Waals surface area contributed by atoms with Gasteiger partial charge >= 0.3 is 11.9 Å². The molecule has 0 heterocycles. The van der Waals surface area contributed by atoms with Gasteiger partial charge in [0.15, 0.2) is 11.5 Å². The Balaban J connectivity index is 3.38. The fraction of sp³-hybridized carbons (Fsp3) is 0.467. The molecule has 0 aromatic heterocycles. The minimum Gasteiger partial charge on any atom is -0.423 e. The fourth-order valence-corrected chi connectivity index (χ4v) is 1.68. The highest BCUT2D eigenvalue weighted by atomic mass is 16.6. The number of rotatable bonds is 2. The highest BCUT2D eigenvalue weighted by molar-refractivity contribution is 5.74. The van der Waals surface area contributed by atoms with Crippen molar-refractivity contribution in [2.75, 3.05) is 0 Å². The molecule has 0 aliphatic carbocycles. The first-order valence-corrected chi connectivity index (χ1v) is 6.13. The summed E-state index contributed by atoms with van der Waals surface area (Å²) in [6, 6.07) is 3.68. The molecule has 0 bridgehead atoms. The maximum absolute atomic E-state index is 11.2. The van der Waals surface area contributed by atoms with Crippen molar-refractivity contribution < 1.29 is 19.1 Å². The first-order chi connectivity index (χ1) is 8.61. The number of benzene rings is 1. The second-order valence-electron chi connectivity index (χ2n) is 5.56. The van der Waals surface area contributed by atoms with E-state index < -0.39 is 11.9 Å². The molecule has 0 radical (unpaired) electrons. The Morgan fingerprint density at radius 3 is 1.95 bits per heavy atom. The minimum absolute atomic E-state index is 0.0889. The van der Waals surface area contributed by atoms with Gasteiger partial charge in [-0.2, -0.15) is 0 Å². The van der Waals surface area contributed by atoms with Gasteiger partial charge in [-0.3, -0.25) is 9.59 Å². The molecule has 0 fully saturated rings. The molecule has 1 rings (SSSR count). The van der Waals surface area contributed by atoms with Crippen LogP contribution >= 0.6 is 0 Å². The number of hydrogen-bond donors (Lipinski definition) is 0. The first-order valence-electron chi connectivity index (χ1n) is 6.13. The Labute approximate surface area is 113 Å². The average molecular weight is 264 g/mol. The van der Waals surface area contributed by atoms with Crippen LogP contribution in [0.25, 0.3) is 0 Å². The van der Waals surface area contributed by atoms with Crippen LogP contribution in [0.2, 0.25) is 0 Å². The Morgan fingerprint density at radius 1 is 1.00 bits per heavy atom. The van der Waals surface area contributed by atoms with Crippen LogP contribution < -0.4 is 9.47 Å². The number of aryl methyl sites for hydroxylation is 1. The molecule has 4 nitrogen and oxygen atoms in total. The van der Waals surface area contributed by atoms with E-state index in [9.17, 15) is 9.59 Å². The summed E-state index contributed by atoms with van der Waals surface area (Å²) >= 11 is 0. The second kappa shape index (κ2) is 5.43. The fourth-order valence-electron chi connectivity index (χ4n) is 1.68. The largest absolute Gasteiger partial charge is 0.423 e. The topological polar surface area (TPSA) is 52.6 Å². The molecule has 0 aliphatic rings. The summed E-state index contributed by atoms with van der Waals surface area (Å²) in [6.07, 6.45) is 0. The van der Waals surface area contributed by atoms with Crippen LogP contribution in [-0.4, -0.2) is 11.9 Å². The van der Waals surface area contributed by atoms with E-state index in [4.69, 9.17) is 9.47 Å². The molecule has 1 aromatic rings. The van der Waals surface area contributed by atoms with Crippen molar-refractivity contribution in [1.29, 1.82) is 0 Å². The van der Waals surface area contributed by atoms with Gasteiger partial charge in [0.05, 0.1) is 0 Å². The highest BCUT2D eigenvalue weighted by Gasteiger charge is 2.20. The van der Waals surface area contributed by atoms with Crippen LogP contribution in [0.1, 0.15) is 45.7 Å². The van der Waals surface area contributed by atoms with Gasteiger partial charge < -0.3 is 9.47 Å². The molecule has 0 aliphatic heterocycles. The molecule has 1 aromatic carbocycles. The summed E-state index contributed by atoms with van der Waals surface area (Å²) in [4.78, 5) is 22.3. The lowest BCUT2D eigenvalue weighted by Gasteiger charge is -2.22. The Kier molecular flexibility index (Phi) is 4.35. The van der Waals surface area contributed by atoms with E-state index in [0.29, 0.717) is 5.75 Å². The lowest BCUT2D eigenvalue weighted by Crippen LogP contribution is -2.14. The number of ether oxygens (including phenoxy) is 2. The van der Waals surface area contributed by atoms with E-state index in [0.717, 1.165) is 11.1 Å². The molecule has 0 saturated heterocycles. The van der Waals surface area contributed by atoms with Crippen LogP contribution in [0.5, 0.6) is 11.5 Å². The Bertz CT molecular complexity index is 510.